The van der Waals surface area contributed by atoms with Gasteiger partial charge in [0.05, 0.1) is 25.0 Å². The maximum absolute atomic E-state index is 12.2. The zero-order valence-electron chi connectivity index (χ0n) is 11.5. The fourth-order valence-corrected chi connectivity index (χ4v) is 2.22. The summed E-state index contributed by atoms with van der Waals surface area (Å²) in [5.41, 5.74) is 0.482. The summed E-state index contributed by atoms with van der Waals surface area (Å²) >= 11 is 1.27. The molecule has 0 saturated heterocycles. The molecule has 1 aromatic heterocycles. The molecule has 6 heteroatoms. The van der Waals surface area contributed by atoms with Gasteiger partial charge in [0.2, 0.25) is 0 Å². The molecule has 0 saturated carbocycles. The Labute approximate surface area is 121 Å². The predicted octanol–water partition coefficient (Wildman–Crippen LogP) is 3.19. The number of para-hydroxylation sites is 1. The number of nitrogens with one attached hydrogen (secondary N) is 1. The van der Waals surface area contributed by atoms with Crippen molar-refractivity contribution in [2.75, 3.05) is 12.4 Å². The number of carbonyl (C=O) groups excluding carboxylic acids is 1. The Morgan fingerprint density at radius 2 is 2.10 bits per heavy atom. The second kappa shape index (κ2) is 6.38. The van der Waals surface area contributed by atoms with Gasteiger partial charge in [0.1, 0.15) is 5.75 Å². The van der Waals surface area contributed by atoms with Crippen molar-refractivity contribution >= 4 is 22.4 Å². The van der Waals surface area contributed by atoms with Crippen LogP contribution in [-0.4, -0.2) is 24.1 Å². The van der Waals surface area contributed by atoms with Crippen LogP contribution in [0.25, 0.3) is 0 Å². The predicted molar refractivity (Wildman–Crippen MR) is 78.8 cm³/mol. The minimum atomic E-state index is -0.252. The number of nitrogens with zero attached hydrogens (tertiary/aromatic N) is 1. The molecule has 106 valence electrons. The number of anilines is 1. The number of ether oxygens (including phenoxy) is 2. The molecule has 2 rings (SSSR count). The minimum absolute atomic E-state index is 0.00362. The molecule has 0 bridgehead atoms. The summed E-state index contributed by atoms with van der Waals surface area (Å²) in [6.45, 7) is 3.83. The van der Waals surface area contributed by atoms with E-state index < -0.39 is 0 Å². The van der Waals surface area contributed by atoms with Crippen LogP contribution >= 0.6 is 11.3 Å². The summed E-state index contributed by atoms with van der Waals surface area (Å²) in [6.07, 6.45) is 1.57. The van der Waals surface area contributed by atoms with Crippen LogP contribution in [0.4, 0.5) is 5.13 Å². The first-order valence-electron chi connectivity index (χ1n) is 6.17. The summed E-state index contributed by atoms with van der Waals surface area (Å²) < 4.78 is 10.7. The highest BCUT2D eigenvalue weighted by Gasteiger charge is 2.14. The fraction of sp³-hybridized carbons (Fsp3) is 0.286. The molecule has 5 nitrogen and oxygen atoms in total. The summed E-state index contributed by atoms with van der Waals surface area (Å²) in [6, 6.07) is 7.13. The summed E-state index contributed by atoms with van der Waals surface area (Å²) in [4.78, 5) is 16.3. The van der Waals surface area contributed by atoms with Crippen LogP contribution in [0, 0.1) is 0 Å². The topological polar surface area (TPSA) is 60.5 Å². The van der Waals surface area contributed by atoms with Gasteiger partial charge in [-0.2, -0.15) is 0 Å². The van der Waals surface area contributed by atoms with E-state index in [0.29, 0.717) is 21.5 Å². The molecule has 0 atom stereocenters. The van der Waals surface area contributed by atoms with E-state index in [0.717, 1.165) is 0 Å². The van der Waals surface area contributed by atoms with Crippen molar-refractivity contribution in [1.29, 1.82) is 0 Å². The second-order valence-corrected chi connectivity index (χ2v) is 5.30. The zero-order chi connectivity index (χ0) is 14.5. The van der Waals surface area contributed by atoms with Crippen molar-refractivity contribution < 1.29 is 14.3 Å². The van der Waals surface area contributed by atoms with Crippen LogP contribution in [0.3, 0.4) is 0 Å². The van der Waals surface area contributed by atoms with Crippen molar-refractivity contribution in [3.63, 3.8) is 0 Å². The van der Waals surface area contributed by atoms with E-state index in [9.17, 15) is 4.79 Å². The van der Waals surface area contributed by atoms with Gasteiger partial charge in [-0.25, -0.2) is 4.98 Å². The maximum Gasteiger partial charge on any atom is 0.261 e. The van der Waals surface area contributed by atoms with E-state index in [1.165, 1.54) is 11.3 Å². The third-order valence-electron chi connectivity index (χ3n) is 2.40. The van der Waals surface area contributed by atoms with E-state index in [1.807, 2.05) is 19.9 Å². The Balaban J connectivity index is 2.16. The van der Waals surface area contributed by atoms with Crippen molar-refractivity contribution in [3.8, 4) is 10.8 Å². The van der Waals surface area contributed by atoms with Gasteiger partial charge in [0, 0.05) is 0 Å². The van der Waals surface area contributed by atoms with Gasteiger partial charge in [0.15, 0.2) is 10.2 Å². The van der Waals surface area contributed by atoms with E-state index in [1.54, 1.807) is 31.5 Å². The first-order chi connectivity index (χ1) is 9.60. The number of carbonyl (C=O) groups is 1. The van der Waals surface area contributed by atoms with Gasteiger partial charge in [-0.3, -0.25) is 10.1 Å². The largest absolute Gasteiger partial charge is 0.490 e. The Kier molecular flexibility index (Phi) is 4.57. The molecular formula is C14H16N2O3S. The van der Waals surface area contributed by atoms with Crippen LogP contribution in [0.2, 0.25) is 0 Å². The summed E-state index contributed by atoms with van der Waals surface area (Å²) in [5, 5.41) is 3.87. The number of rotatable bonds is 5. The summed E-state index contributed by atoms with van der Waals surface area (Å²) in [5.74, 6) is 0.307. The summed E-state index contributed by atoms with van der Waals surface area (Å²) in [7, 11) is 1.56. The van der Waals surface area contributed by atoms with E-state index >= 15 is 0 Å². The van der Waals surface area contributed by atoms with Crippen molar-refractivity contribution in [3.05, 3.63) is 36.0 Å². The number of amides is 1. The van der Waals surface area contributed by atoms with Crippen LogP contribution in [0.5, 0.6) is 10.8 Å². The molecule has 1 N–H and O–H groups in total. The molecule has 0 radical (unpaired) electrons. The first-order valence-corrected chi connectivity index (χ1v) is 6.98. The van der Waals surface area contributed by atoms with Gasteiger partial charge < -0.3 is 9.47 Å². The quantitative estimate of drug-likeness (QED) is 0.919. The Hall–Kier alpha value is -2.08. The molecule has 0 aliphatic carbocycles. The van der Waals surface area contributed by atoms with Crippen LogP contribution in [0.1, 0.15) is 24.2 Å². The van der Waals surface area contributed by atoms with Gasteiger partial charge in [-0.15, -0.1) is 0 Å². The molecule has 1 aromatic carbocycles. The van der Waals surface area contributed by atoms with Gasteiger partial charge in [-0.05, 0) is 26.0 Å². The number of methoxy groups -OCH3 is 1. The van der Waals surface area contributed by atoms with Gasteiger partial charge in [0.25, 0.3) is 5.91 Å². The highest BCUT2D eigenvalue weighted by molar-refractivity contribution is 7.17. The SMILES string of the molecule is COc1cnc(NC(=O)c2ccccc2OC(C)C)s1. The van der Waals surface area contributed by atoms with E-state index in [-0.39, 0.29) is 12.0 Å². The molecular weight excluding hydrogens is 276 g/mol. The van der Waals surface area contributed by atoms with Crippen LogP contribution in [0.15, 0.2) is 30.5 Å². The highest BCUT2D eigenvalue weighted by Crippen LogP contribution is 2.26. The Morgan fingerprint density at radius 3 is 2.75 bits per heavy atom. The fourth-order valence-electron chi connectivity index (χ4n) is 1.59. The Bertz CT molecular complexity index is 596. The molecule has 0 aliphatic rings. The highest BCUT2D eigenvalue weighted by atomic mass is 32.1. The van der Waals surface area contributed by atoms with Gasteiger partial charge >= 0.3 is 0 Å². The van der Waals surface area contributed by atoms with Gasteiger partial charge in [-0.1, -0.05) is 23.5 Å². The molecule has 2 aromatic rings. The molecule has 0 fully saturated rings. The number of aromatic nitrogens is 1. The minimum Gasteiger partial charge on any atom is -0.490 e. The lowest BCUT2D eigenvalue weighted by molar-refractivity contribution is 0.102. The molecule has 0 aliphatic heterocycles. The zero-order valence-corrected chi connectivity index (χ0v) is 12.4. The van der Waals surface area contributed by atoms with E-state index in [4.69, 9.17) is 9.47 Å². The molecule has 0 spiro atoms. The van der Waals surface area contributed by atoms with Crippen molar-refractivity contribution in [1.82, 2.24) is 4.98 Å². The normalized spacial score (nSPS) is 10.4. The number of hydrogen-bond donors (Lipinski definition) is 1. The van der Waals surface area contributed by atoms with Crippen LogP contribution in [-0.2, 0) is 0 Å². The molecule has 1 heterocycles. The monoisotopic (exact) mass is 292 g/mol. The lowest BCUT2D eigenvalue weighted by Crippen LogP contribution is -2.15. The van der Waals surface area contributed by atoms with Crippen LogP contribution < -0.4 is 14.8 Å². The molecule has 20 heavy (non-hydrogen) atoms. The lowest BCUT2D eigenvalue weighted by atomic mass is 10.2. The first kappa shape index (κ1) is 14.3. The second-order valence-electron chi connectivity index (χ2n) is 4.31. The number of benzene rings is 1. The van der Waals surface area contributed by atoms with E-state index in [2.05, 4.69) is 10.3 Å². The maximum atomic E-state index is 12.2. The smallest absolute Gasteiger partial charge is 0.261 e. The standard InChI is InChI=1S/C14H16N2O3S/c1-9(2)19-11-7-5-4-6-10(11)13(17)16-14-15-8-12(18-3)20-14/h4-9H,1-3H3,(H,15,16,17). The lowest BCUT2D eigenvalue weighted by Gasteiger charge is -2.13. The third kappa shape index (κ3) is 3.48. The van der Waals surface area contributed by atoms with Crippen molar-refractivity contribution in [2.24, 2.45) is 0 Å². The molecule has 0 unspecified atom stereocenters. The number of thiazole rings is 1. The Morgan fingerprint density at radius 1 is 1.35 bits per heavy atom. The average Bonchev–Trinajstić information content (AvgIpc) is 2.86. The van der Waals surface area contributed by atoms with Crippen molar-refractivity contribution in [2.45, 2.75) is 20.0 Å². The number of hydrogen-bond acceptors (Lipinski definition) is 5. The third-order valence-corrected chi connectivity index (χ3v) is 3.27. The molecule has 1 amide bonds. The average molecular weight is 292 g/mol.